The van der Waals surface area contributed by atoms with Gasteiger partial charge in [-0.2, -0.15) is 0 Å². The van der Waals surface area contributed by atoms with Crippen molar-refractivity contribution in [3.8, 4) is 5.75 Å². The number of hydrogen-bond donors (Lipinski definition) is 1. The average Bonchev–Trinajstić information content (AvgIpc) is 2.22. The molecule has 0 unspecified atom stereocenters. The van der Waals surface area contributed by atoms with Crippen molar-refractivity contribution in [1.29, 1.82) is 0 Å². The minimum absolute atomic E-state index is 0. The van der Waals surface area contributed by atoms with Gasteiger partial charge < -0.3 is 10.5 Å². The van der Waals surface area contributed by atoms with Gasteiger partial charge in [-0.05, 0) is 24.6 Å². The minimum atomic E-state index is -2.54. The van der Waals surface area contributed by atoms with E-state index in [1.54, 1.807) is 6.92 Å². The number of benzene rings is 1. The molecule has 0 aliphatic carbocycles. The highest BCUT2D eigenvalue weighted by atomic mass is 35.5. The summed E-state index contributed by atoms with van der Waals surface area (Å²) in [6.45, 7) is 1.95. The summed E-state index contributed by atoms with van der Waals surface area (Å²) in [5.41, 5.74) is 5.74. The summed E-state index contributed by atoms with van der Waals surface area (Å²) in [7, 11) is 0. The van der Waals surface area contributed by atoms with E-state index in [4.69, 9.17) is 22.1 Å². The molecule has 104 valence electrons. The smallest absolute Gasteiger partial charge is 0.240 e. The first-order valence-electron chi connectivity index (χ1n) is 5.11. The van der Waals surface area contributed by atoms with Crippen LogP contribution in [-0.4, -0.2) is 13.0 Å². The molecule has 7 heteroatoms. The largest absolute Gasteiger partial charge is 0.489 e. The standard InChI is InChI=1S/C11H13ClF3NO.ClH/c1-2-17-11-7(12)3-6(4-8(11)13)9(16)5-10(14)15;/h3-4,9-10H,2,5,16H2,1H3;1H/t9-;/m1./s1. The summed E-state index contributed by atoms with van der Waals surface area (Å²) in [6, 6.07) is 1.48. The lowest BCUT2D eigenvalue weighted by Crippen LogP contribution is -2.14. The first kappa shape index (κ1) is 17.4. The van der Waals surface area contributed by atoms with Crippen LogP contribution in [0, 0.1) is 5.82 Å². The number of hydrogen-bond acceptors (Lipinski definition) is 2. The van der Waals surface area contributed by atoms with Gasteiger partial charge in [-0.15, -0.1) is 12.4 Å². The number of halogens is 5. The van der Waals surface area contributed by atoms with Crippen molar-refractivity contribution in [2.24, 2.45) is 5.73 Å². The van der Waals surface area contributed by atoms with E-state index in [9.17, 15) is 13.2 Å². The zero-order chi connectivity index (χ0) is 13.0. The predicted molar refractivity (Wildman–Crippen MR) is 67.4 cm³/mol. The van der Waals surface area contributed by atoms with E-state index in [1.807, 2.05) is 0 Å². The molecule has 0 aliphatic heterocycles. The molecule has 1 atom stereocenters. The van der Waals surface area contributed by atoms with Gasteiger partial charge in [0.25, 0.3) is 0 Å². The Morgan fingerprint density at radius 3 is 2.44 bits per heavy atom. The molecular formula is C11H14Cl2F3NO. The maximum atomic E-state index is 13.5. The molecule has 0 amide bonds. The summed E-state index contributed by atoms with van der Waals surface area (Å²) < 4.78 is 42.8. The van der Waals surface area contributed by atoms with Crippen LogP contribution in [-0.2, 0) is 0 Å². The molecule has 0 spiro atoms. The third-order valence-electron chi connectivity index (χ3n) is 2.17. The van der Waals surface area contributed by atoms with E-state index in [2.05, 4.69) is 0 Å². The third-order valence-corrected chi connectivity index (χ3v) is 2.45. The van der Waals surface area contributed by atoms with E-state index >= 15 is 0 Å². The van der Waals surface area contributed by atoms with Crippen molar-refractivity contribution in [1.82, 2.24) is 0 Å². The van der Waals surface area contributed by atoms with E-state index in [1.165, 1.54) is 6.07 Å². The van der Waals surface area contributed by atoms with Gasteiger partial charge in [0.2, 0.25) is 6.43 Å². The zero-order valence-corrected chi connectivity index (χ0v) is 11.2. The SMILES string of the molecule is CCOc1c(F)cc([C@H](N)CC(F)F)cc1Cl.Cl. The molecule has 0 saturated carbocycles. The Morgan fingerprint density at radius 2 is 2.00 bits per heavy atom. The molecule has 1 aromatic rings. The van der Waals surface area contributed by atoms with E-state index in [0.29, 0.717) is 0 Å². The first-order valence-corrected chi connectivity index (χ1v) is 5.49. The van der Waals surface area contributed by atoms with Crippen molar-refractivity contribution in [2.45, 2.75) is 25.8 Å². The molecule has 1 aromatic carbocycles. The number of rotatable bonds is 5. The van der Waals surface area contributed by atoms with Gasteiger partial charge in [0, 0.05) is 12.5 Å². The Bertz CT molecular complexity index is 368. The molecule has 0 aliphatic rings. The van der Waals surface area contributed by atoms with Gasteiger partial charge in [0.05, 0.1) is 11.6 Å². The topological polar surface area (TPSA) is 35.2 Å². The molecule has 0 aromatic heterocycles. The Hall–Kier alpha value is -0.650. The highest BCUT2D eigenvalue weighted by Crippen LogP contribution is 2.32. The van der Waals surface area contributed by atoms with Crippen LogP contribution in [0.4, 0.5) is 13.2 Å². The fourth-order valence-electron chi connectivity index (χ4n) is 1.40. The quantitative estimate of drug-likeness (QED) is 0.894. The molecule has 18 heavy (non-hydrogen) atoms. The van der Waals surface area contributed by atoms with Crippen LogP contribution in [0.3, 0.4) is 0 Å². The molecule has 1 rings (SSSR count). The number of ether oxygens (including phenoxy) is 1. The fourth-order valence-corrected chi connectivity index (χ4v) is 1.67. The molecule has 0 radical (unpaired) electrons. The summed E-state index contributed by atoms with van der Waals surface area (Å²) in [5, 5.41) is 0.0339. The highest BCUT2D eigenvalue weighted by molar-refractivity contribution is 6.32. The van der Waals surface area contributed by atoms with Gasteiger partial charge in [-0.3, -0.25) is 0 Å². The minimum Gasteiger partial charge on any atom is -0.489 e. The van der Waals surface area contributed by atoms with E-state index < -0.39 is 24.7 Å². The maximum Gasteiger partial charge on any atom is 0.240 e. The lowest BCUT2D eigenvalue weighted by Gasteiger charge is -2.14. The summed E-state index contributed by atoms with van der Waals surface area (Å²) >= 11 is 5.79. The van der Waals surface area contributed by atoms with Gasteiger partial charge >= 0.3 is 0 Å². The van der Waals surface area contributed by atoms with Crippen LogP contribution >= 0.6 is 24.0 Å². The van der Waals surface area contributed by atoms with Crippen molar-refractivity contribution < 1.29 is 17.9 Å². The third kappa shape index (κ3) is 4.55. The first-order chi connectivity index (χ1) is 7.95. The zero-order valence-electron chi connectivity index (χ0n) is 9.63. The number of alkyl halides is 2. The van der Waals surface area contributed by atoms with Gasteiger partial charge in [-0.1, -0.05) is 11.6 Å². The second kappa shape index (κ2) is 7.71. The molecule has 0 fully saturated rings. The molecule has 0 heterocycles. The van der Waals surface area contributed by atoms with Crippen LogP contribution < -0.4 is 10.5 Å². The normalized spacial score (nSPS) is 12.2. The predicted octanol–water partition coefficient (Wildman–Crippen LogP) is 3.95. The van der Waals surface area contributed by atoms with Crippen molar-refractivity contribution in [3.05, 3.63) is 28.5 Å². The van der Waals surface area contributed by atoms with Crippen LogP contribution in [0.5, 0.6) is 5.75 Å². The second-order valence-corrected chi connectivity index (χ2v) is 3.89. The van der Waals surface area contributed by atoms with Crippen LogP contribution in [0.1, 0.15) is 24.9 Å². The highest BCUT2D eigenvalue weighted by Gasteiger charge is 2.17. The van der Waals surface area contributed by atoms with Crippen LogP contribution in [0.2, 0.25) is 5.02 Å². The van der Waals surface area contributed by atoms with Crippen molar-refractivity contribution in [2.75, 3.05) is 6.61 Å². The van der Waals surface area contributed by atoms with Crippen molar-refractivity contribution >= 4 is 24.0 Å². The monoisotopic (exact) mass is 303 g/mol. The Labute approximate surface area is 115 Å². The summed E-state index contributed by atoms with van der Waals surface area (Å²) in [5.74, 6) is -0.777. The van der Waals surface area contributed by atoms with Crippen LogP contribution in [0.15, 0.2) is 12.1 Å². The fraction of sp³-hybridized carbons (Fsp3) is 0.455. The lowest BCUT2D eigenvalue weighted by atomic mass is 10.0. The van der Waals surface area contributed by atoms with E-state index in [-0.39, 0.29) is 35.3 Å². The van der Waals surface area contributed by atoms with Crippen molar-refractivity contribution in [3.63, 3.8) is 0 Å². The van der Waals surface area contributed by atoms with Gasteiger partial charge in [0.1, 0.15) is 0 Å². The second-order valence-electron chi connectivity index (χ2n) is 3.48. The Balaban J connectivity index is 0.00000289. The van der Waals surface area contributed by atoms with E-state index in [0.717, 1.165) is 6.07 Å². The number of nitrogens with two attached hydrogens (primary N) is 1. The lowest BCUT2D eigenvalue weighted by molar-refractivity contribution is 0.128. The molecule has 2 N–H and O–H groups in total. The van der Waals surface area contributed by atoms with Gasteiger partial charge in [0.15, 0.2) is 11.6 Å². The summed E-state index contributed by atoms with van der Waals surface area (Å²) in [6.07, 6.45) is -3.08. The average molecular weight is 304 g/mol. The Kier molecular flexibility index (Phi) is 7.43. The maximum absolute atomic E-state index is 13.5. The van der Waals surface area contributed by atoms with Crippen LogP contribution in [0.25, 0.3) is 0 Å². The molecular weight excluding hydrogens is 290 g/mol. The molecule has 0 bridgehead atoms. The molecule has 2 nitrogen and oxygen atoms in total. The summed E-state index contributed by atoms with van der Waals surface area (Å²) in [4.78, 5) is 0. The Morgan fingerprint density at radius 1 is 1.39 bits per heavy atom. The molecule has 0 saturated heterocycles. The van der Waals surface area contributed by atoms with Gasteiger partial charge in [-0.25, -0.2) is 13.2 Å².